The molecular formula is C38H53N13O13. The summed E-state index contributed by atoms with van der Waals surface area (Å²) in [6, 6.07) is -9.31. The van der Waals surface area contributed by atoms with Gasteiger partial charge in [0, 0.05) is 84.0 Å². The van der Waals surface area contributed by atoms with Gasteiger partial charge in [0.05, 0.1) is 72.5 Å². The Morgan fingerprint density at radius 3 is 0.750 bits per heavy atom. The van der Waals surface area contributed by atoms with E-state index in [-0.39, 0.29) is 94.8 Å². The molecule has 0 bridgehead atoms. The Bertz CT molecular complexity index is 1860. The van der Waals surface area contributed by atoms with Crippen molar-refractivity contribution in [3.05, 3.63) is 0 Å². The van der Waals surface area contributed by atoms with E-state index in [1.165, 1.54) is 6.92 Å². The Morgan fingerprint density at radius 1 is 0.375 bits per heavy atom. The molecule has 348 valence electrons. The second-order valence-electron chi connectivity index (χ2n) is 17.1. The second-order valence-corrected chi connectivity index (χ2v) is 17.1. The van der Waals surface area contributed by atoms with E-state index < -0.39 is 132 Å². The molecule has 0 aromatic heterocycles. The van der Waals surface area contributed by atoms with E-state index in [9.17, 15) is 62.3 Å². The van der Waals surface area contributed by atoms with Crippen molar-refractivity contribution in [2.24, 2.45) is 5.73 Å². The van der Waals surface area contributed by atoms with Gasteiger partial charge in [-0.05, 0) is 0 Å². The number of nitrogens with two attached hydrogens (primary N) is 1. The molecule has 26 nitrogen and oxygen atoms in total. The quantitative estimate of drug-likeness (QED) is 0.0609. The average Bonchev–Trinajstić information content (AvgIpc) is 4.01. The number of carbonyl (C=O) groups excluding carboxylic acids is 13. The maximum atomic E-state index is 13.3. The number of hydrogen-bond acceptors (Lipinski definition) is 13. The van der Waals surface area contributed by atoms with Gasteiger partial charge in [0.25, 0.3) is 0 Å². The predicted molar refractivity (Wildman–Crippen MR) is 213 cm³/mol. The first-order valence-electron chi connectivity index (χ1n) is 21.0. The summed E-state index contributed by atoms with van der Waals surface area (Å²) in [6.07, 6.45) is -2.19. The number of primary amides is 1. The minimum absolute atomic E-state index is 0.00772. The molecule has 0 saturated carbocycles. The fraction of sp³-hybridized carbons (Fsp3) is 0.658. The summed E-state index contributed by atoms with van der Waals surface area (Å²) in [7, 11) is 0. The van der Waals surface area contributed by atoms with Crippen LogP contribution in [-0.2, 0) is 62.3 Å². The number of carbonyl (C=O) groups is 13. The molecule has 12 atom stereocenters. The van der Waals surface area contributed by atoms with Crippen molar-refractivity contribution < 1.29 is 62.3 Å². The molecule has 6 heterocycles. The fourth-order valence-electron chi connectivity index (χ4n) is 9.12. The zero-order chi connectivity index (χ0) is 46.4. The summed E-state index contributed by atoms with van der Waals surface area (Å²) in [5, 5.41) is 32.0. The topological polar surface area (TPSA) is 392 Å². The van der Waals surface area contributed by atoms with Crippen LogP contribution in [0.1, 0.15) is 84.0 Å². The SMILES string of the molecule is CC(=O)N[C@H]1CC(=O)N[C@@H]1CC(=O)N[C@H]1CC(=O)N[C@@H]1CC(=O)N[C@H]1CC(=O)N[C@@H]1CC(=O)N[C@H]1CC(=O)N[C@@H]1CC(=O)N[C@H]1CC(=O)N[C@@H]1CC(=O)N[C@H]1CC(=O)N[C@@H]1CC(N)=O. The zero-order valence-electron chi connectivity index (χ0n) is 34.8. The van der Waals surface area contributed by atoms with Crippen molar-refractivity contribution in [2.45, 2.75) is 156 Å². The van der Waals surface area contributed by atoms with Crippen LogP contribution in [0.4, 0.5) is 0 Å². The van der Waals surface area contributed by atoms with E-state index in [0.29, 0.717) is 0 Å². The molecular weight excluding hydrogens is 846 g/mol. The molecule has 6 saturated heterocycles. The van der Waals surface area contributed by atoms with Crippen LogP contribution in [0.15, 0.2) is 0 Å². The lowest BCUT2D eigenvalue weighted by Crippen LogP contribution is -2.52. The summed E-state index contributed by atoms with van der Waals surface area (Å²) in [4.78, 5) is 162. The van der Waals surface area contributed by atoms with Crippen LogP contribution in [0.5, 0.6) is 0 Å². The van der Waals surface area contributed by atoms with Gasteiger partial charge in [0.15, 0.2) is 0 Å². The van der Waals surface area contributed by atoms with Crippen molar-refractivity contribution in [1.82, 2.24) is 63.8 Å². The summed E-state index contributed by atoms with van der Waals surface area (Å²) < 4.78 is 0. The first-order chi connectivity index (χ1) is 30.3. The van der Waals surface area contributed by atoms with Gasteiger partial charge in [-0.15, -0.1) is 0 Å². The van der Waals surface area contributed by atoms with Gasteiger partial charge in [-0.3, -0.25) is 62.3 Å². The second kappa shape index (κ2) is 20.1. The van der Waals surface area contributed by atoms with Crippen molar-refractivity contribution in [1.29, 1.82) is 0 Å². The van der Waals surface area contributed by atoms with Gasteiger partial charge in [0.1, 0.15) is 0 Å². The van der Waals surface area contributed by atoms with Gasteiger partial charge in [-0.25, -0.2) is 0 Å². The van der Waals surface area contributed by atoms with Gasteiger partial charge >= 0.3 is 0 Å². The lowest BCUT2D eigenvalue weighted by Gasteiger charge is -2.25. The Kier molecular flexibility index (Phi) is 14.6. The predicted octanol–water partition coefficient (Wildman–Crippen LogP) is -7.93. The highest BCUT2D eigenvalue weighted by Gasteiger charge is 2.43. The molecule has 26 heteroatoms. The summed E-state index contributed by atoms with van der Waals surface area (Å²) in [6.45, 7) is 1.29. The molecule has 6 rings (SSSR count). The largest absolute Gasteiger partial charge is 0.370 e. The molecule has 6 aliphatic rings. The molecule has 0 unspecified atom stereocenters. The summed E-state index contributed by atoms with van der Waals surface area (Å²) in [5.41, 5.74) is 5.25. The van der Waals surface area contributed by atoms with Crippen LogP contribution < -0.4 is 69.5 Å². The normalized spacial score (nSPS) is 31.7. The molecule has 6 fully saturated rings. The summed E-state index contributed by atoms with van der Waals surface area (Å²) in [5.74, 6) is -6.29. The van der Waals surface area contributed by atoms with E-state index >= 15 is 0 Å². The Morgan fingerprint density at radius 2 is 0.562 bits per heavy atom. The lowest BCUT2D eigenvalue weighted by atomic mass is 10.0. The number of hydrogen-bond donors (Lipinski definition) is 13. The molecule has 0 radical (unpaired) electrons. The first kappa shape index (κ1) is 46.6. The summed E-state index contributed by atoms with van der Waals surface area (Å²) >= 11 is 0. The molecule has 6 aliphatic heterocycles. The third kappa shape index (κ3) is 12.6. The van der Waals surface area contributed by atoms with Gasteiger partial charge < -0.3 is 69.5 Å². The molecule has 0 spiro atoms. The lowest BCUT2D eigenvalue weighted by molar-refractivity contribution is -0.125. The highest BCUT2D eigenvalue weighted by molar-refractivity contribution is 5.90. The monoisotopic (exact) mass is 899 g/mol. The van der Waals surface area contributed by atoms with Gasteiger partial charge in [-0.1, -0.05) is 0 Å². The van der Waals surface area contributed by atoms with E-state index in [0.717, 1.165) is 0 Å². The zero-order valence-corrected chi connectivity index (χ0v) is 34.8. The molecule has 0 aromatic rings. The molecule has 0 aromatic carbocycles. The smallest absolute Gasteiger partial charge is 0.222 e. The van der Waals surface area contributed by atoms with E-state index in [1.54, 1.807) is 0 Å². The van der Waals surface area contributed by atoms with Crippen molar-refractivity contribution >= 4 is 76.8 Å². The number of nitrogens with one attached hydrogen (secondary N) is 12. The van der Waals surface area contributed by atoms with Crippen LogP contribution in [0.2, 0.25) is 0 Å². The van der Waals surface area contributed by atoms with Gasteiger partial charge in [0.2, 0.25) is 76.8 Å². The maximum absolute atomic E-state index is 13.3. The van der Waals surface area contributed by atoms with Crippen molar-refractivity contribution in [3.8, 4) is 0 Å². The Labute approximate surface area is 364 Å². The standard InChI is InChI=1S/C38H53N13O13/c1-14(52)40-16-3-28(54)43-18(16)5-30(56)44-20-7-32(58)47-22(20)9-34(60)48-24-11-36(62)51-26(24)13-38(64)50-25-12-37(63)49-23(25)10-35(61)46-21-8-33(59)45-19(21)6-31(57)42-17-4-29(55)41-15(17)2-27(39)53/h15-26H,2-13H2,1H3,(H2,39,53)(H,40,52)(H,41,55)(H,42,57)(H,43,54)(H,44,56)(H,45,59)(H,46,61)(H,47,58)(H,48,60)(H,49,63)(H,50,64)(H,51,62)/t15-,16+,17+,18-,19-,20+,21+,22-,23-,24+,25+,26-/m1/s1. The third-order valence-electron chi connectivity index (χ3n) is 12.0. The highest BCUT2D eigenvalue weighted by atomic mass is 16.2. The maximum Gasteiger partial charge on any atom is 0.222 e. The van der Waals surface area contributed by atoms with Crippen LogP contribution in [0.3, 0.4) is 0 Å². The average molecular weight is 900 g/mol. The highest BCUT2D eigenvalue weighted by Crippen LogP contribution is 2.20. The van der Waals surface area contributed by atoms with E-state index in [4.69, 9.17) is 5.73 Å². The van der Waals surface area contributed by atoms with Crippen LogP contribution >= 0.6 is 0 Å². The van der Waals surface area contributed by atoms with Gasteiger partial charge in [-0.2, -0.15) is 0 Å². The van der Waals surface area contributed by atoms with E-state index in [1.807, 2.05) is 0 Å². The van der Waals surface area contributed by atoms with Crippen LogP contribution in [0.25, 0.3) is 0 Å². The fourth-order valence-corrected chi connectivity index (χ4v) is 9.12. The molecule has 0 aliphatic carbocycles. The van der Waals surface area contributed by atoms with Crippen LogP contribution in [0, 0.1) is 0 Å². The molecule has 13 amide bonds. The van der Waals surface area contributed by atoms with E-state index in [2.05, 4.69) is 63.8 Å². The minimum atomic E-state index is -0.865. The first-order valence-corrected chi connectivity index (χ1v) is 21.0. The van der Waals surface area contributed by atoms with Crippen molar-refractivity contribution in [2.75, 3.05) is 0 Å². The minimum Gasteiger partial charge on any atom is -0.370 e. The third-order valence-corrected chi connectivity index (χ3v) is 12.0. The molecule has 14 N–H and O–H groups in total. The molecule has 64 heavy (non-hydrogen) atoms. The number of rotatable bonds is 18. The number of amides is 13. The Balaban J connectivity index is 0.957. The van der Waals surface area contributed by atoms with Crippen LogP contribution in [-0.4, -0.2) is 149 Å². The Hall–Kier alpha value is -6.89. The van der Waals surface area contributed by atoms with Crippen molar-refractivity contribution in [3.63, 3.8) is 0 Å².